The smallest absolute Gasteiger partial charge is 0.748 e. The van der Waals surface area contributed by atoms with Gasteiger partial charge in [0.2, 0.25) is 0 Å². The Morgan fingerprint density at radius 2 is 1.17 bits per heavy atom. The van der Waals surface area contributed by atoms with Crippen molar-refractivity contribution >= 4 is 10.1 Å². The van der Waals surface area contributed by atoms with Gasteiger partial charge in [0.15, 0.2) is 0 Å². The standard InChI is InChI=1S/C18H38O4S.Na/c1-3-4-5-6-7-8-9-12-15-18(19)16-13-10-11-14-17(2)23(20,21)22;/h17-19H,3-16H2,1-2H3,(H,20,21,22);/q;+1/p-1. The van der Waals surface area contributed by atoms with Crippen molar-refractivity contribution in [2.75, 3.05) is 0 Å². The average molecular weight is 373 g/mol. The Balaban J connectivity index is 0. The molecule has 6 heteroatoms. The maximum Gasteiger partial charge on any atom is 1.00 e. The van der Waals surface area contributed by atoms with E-state index < -0.39 is 15.4 Å². The third-order valence-corrected chi connectivity index (χ3v) is 5.75. The van der Waals surface area contributed by atoms with Crippen molar-refractivity contribution < 1.29 is 47.6 Å². The fourth-order valence-electron chi connectivity index (χ4n) is 2.79. The molecule has 2 atom stereocenters. The first-order valence-electron chi connectivity index (χ1n) is 9.50. The Morgan fingerprint density at radius 3 is 1.62 bits per heavy atom. The van der Waals surface area contributed by atoms with Gasteiger partial charge in [-0.3, -0.25) is 0 Å². The molecule has 0 spiro atoms. The van der Waals surface area contributed by atoms with Crippen LogP contribution in [0.1, 0.15) is 104 Å². The topological polar surface area (TPSA) is 77.4 Å². The van der Waals surface area contributed by atoms with Crippen LogP contribution < -0.4 is 29.6 Å². The van der Waals surface area contributed by atoms with Gasteiger partial charge in [-0.1, -0.05) is 77.6 Å². The van der Waals surface area contributed by atoms with E-state index in [0.29, 0.717) is 6.42 Å². The van der Waals surface area contributed by atoms with Crippen LogP contribution in [0.4, 0.5) is 0 Å². The summed E-state index contributed by atoms with van der Waals surface area (Å²) in [6.07, 6.45) is 14.6. The molecule has 24 heavy (non-hydrogen) atoms. The minimum Gasteiger partial charge on any atom is -0.748 e. The number of rotatable bonds is 16. The zero-order valence-corrected chi connectivity index (χ0v) is 19.0. The zero-order chi connectivity index (χ0) is 17.6. The second-order valence-corrected chi connectivity index (χ2v) is 8.65. The summed E-state index contributed by atoms with van der Waals surface area (Å²) >= 11 is 0. The largest absolute Gasteiger partial charge is 1.00 e. The van der Waals surface area contributed by atoms with Crippen molar-refractivity contribution in [2.45, 2.75) is 115 Å². The predicted octanol–water partition coefficient (Wildman–Crippen LogP) is 1.77. The first-order valence-corrected chi connectivity index (χ1v) is 11.0. The Bertz CT molecular complexity index is 360. The first-order chi connectivity index (χ1) is 10.9. The minimum atomic E-state index is -4.13. The van der Waals surface area contributed by atoms with Gasteiger partial charge in [0.25, 0.3) is 0 Å². The van der Waals surface area contributed by atoms with E-state index in [9.17, 15) is 18.1 Å². The molecular weight excluding hydrogens is 335 g/mol. The van der Waals surface area contributed by atoms with Gasteiger partial charge in [0, 0.05) is 5.25 Å². The zero-order valence-electron chi connectivity index (χ0n) is 16.1. The Kier molecular flexibility index (Phi) is 19.5. The van der Waals surface area contributed by atoms with Gasteiger partial charge in [0.1, 0.15) is 0 Å². The van der Waals surface area contributed by atoms with Crippen LogP contribution in [-0.2, 0) is 10.1 Å². The predicted molar refractivity (Wildman–Crippen MR) is 95.5 cm³/mol. The molecule has 0 bridgehead atoms. The molecule has 1 N–H and O–H groups in total. The van der Waals surface area contributed by atoms with Crippen molar-refractivity contribution in [3.05, 3.63) is 0 Å². The van der Waals surface area contributed by atoms with E-state index in [2.05, 4.69) is 6.92 Å². The molecule has 0 aromatic heterocycles. The van der Waals surface area contributed by atoms with E-state index in [1.165, 1.54) is 51.9 Å². The summed E-state index contributed by atoms with van der Waals surface area (Å²) < 4.78 is 32.3. The first kappa shape index (κ1) is 27.1. The van der Waals surface area contributed by atoms with Crippen LogP contribution in [-0.4, -0.2) is 29.4 Å². The van der Waals surface area contributed by atoms with Crippen LogP contribution in [0.3, 0.4) is 0 Å². The second-order valence-electron chi connectivity index (χ2n) is 6.86. The molecule has 4 nitrogen and oxygen atoms in total. The number of hydrogen-bond donors (Lipinski definition) is 1. The van der Waals surface area contributed by atoms with Crippen LogP contribution >= 0.6 is 0 Å². The summed E-state index contributed by atoms with van der Waals surface area (Å²) in [6.45, 7) is 3.70. The maximum absolute atomic E-state index is 10.8. The molecule has 0 radical (unpaired) electrons. The molecule has 0 aliphatic carbocycles. The molecule has 140 valence electrons. The van der Waals surface area contributed by atoms with E-state index in [-0.39, 0.29) is 35.7 Å². The van der Waals surface area contributed by atoms with Crippen molar-refractivity contribution in [1.29, 1.82) is 0 Å². The number of aliphatic hydroxyl groups excluding tert-OH is 1. The van der Waals surface area contributed by atoms with Crippen LogP contribution in [0.25, 0.3) is 0 Å². The number of unbranched alkanes of at least 4 members (excludes halogenated alkanes) is 9. The van der Waals surface area contributed by atoms with Gasteiger partial charge in [-0.25, -0.2) is 8.42 Å². The molecular formula is C18H37NaO4S. The Labute approximate surface area is 172 Å². The number of hydrogen-bond acceptors (Lipinski definition) is 4. The summed E-state index contributed by atoms with van der Waals surface area (Å²) in [5.41, 5.74) is 0. The van der Waals surface area contributed by atoms with Crippen molar-refractivity contribution in [2.24, 2.45) is 0 Å². The van der Waals surface area contributed by atoms with Crippen molar-refractivity contribution in [3.8, 4) is 0 Å². The SMILES string of the molecule is CCCCCCCCCCC(O)CCCCCC(C)S(=O)(=O)[O-].[Na+]. The molecule has 0 aliphatic heterocycles. The summed E-state index contributed by atoms with van der Waals surface area (Å²) in [7, 11) is -4.13. The van der Waals surface area contributed by atoms with E-state index in [4.69, 9.17) is 0 Å². The maximum atomic E-state index is 10.8. The van der Waals surface area contributed by atoms with Gasteiger partial charge in [-0.2, -0.15) is 0 Å². The molecule has 0 saturated carbocycles. The van der Waals surface area contributed by atoms with Crippen LogP contribution in [0, 0.1) is 0 Å². The second kappa shape index (κ2) is 17.3. The normalized spacial score (nSPS) is 14.2. The molecule has 0 saturated heterocycles. The van der Waals surface area contributed by atoms with E-state index in [1.54, 1.807) is 0 Å². The van der Waals surface area contributed by atoms with E-state index >= 15 is 0 Å². The molecule has 0 amide bonds. The third kappa shape index (κ3) is 17.7. The molecule has 0 fully saturated rings. The molecule has 0 rings (SSSR count). The van der Waals surface area contributed by atoms with Crippen LogP contribution in [0.5, 0.6) is 0 Å². The monoisotopic (exact) mass is 372 g/mol. The van der Waals surface area contributed by atoms with Gasteiger partial charge < -0.3 is 9.66 Å². The van der Waals surface area contributed by atoms with E-state index in [0.717, 1.165) is 38.5 Å². The van der Waals surface area contributed by atoms with Gasteiger partial charge in [0.05, 0.1) is 16.2 Å². The summed E-state index contributed by atoms with van der Waals surface area (Å²) in [5.74, 6) is 0. The van der Waals surface area contributed by atoms with E-state index in [1.807, 2.05) is 0 Å². The summed E-state index contributed by atoms with van der Waals surface area (Å²) in [6, 6.07) is 0. The van der Waals surface area contributed by atoms with Gasteiger partial charge >= 0.3 is 29.6 Å². The molecule has 0 aromatic rings. The Hall–Kier alpha value is 0.870. The quantitative estimate of drug-likeness (QED) is 0.254. The average Bonchev–Trinajstić information content (AvgIpc) is 2.48. The van der Waals surface area contributed by atoms with Crippen molar-refractivity contribution in [3.63, 3.8) is 0 Å². The summed E-state index contributed by atoms with van der Waals surface area (Å²) in [5, 5.41) is 9.13. The molecule has 0 aromatic carbocycles. The fraction of sp³-hybridized carbons (Fsp3) is 1.00. The van der Waals surface area contributed by atoms with Crippen LogP contribution in [0.2, 0.25) is 0 Å². The molecule has 2 unspecified atom stereocenters. The van der Waals surface area contributed by atoms with Gasteiger partial charge in [-0.05, 0) is 26.2 Å². The Morgan fingerprint density at radius 1 is 0.792 bits per heavy atom. The molecule has 0 heterocycles. The molecule has 0 aliphatic rings. The van der Waals surface area contributed by atoms with Crippen LogP contribution in [0.15, 0.2) is 0 Å². The fourth-order valence-corrected chi connectivity index (χ4v) is 3.25. The minimum absolute atomic E-state index is 0. The summed E-state index contributed by atoms with van der Waals surface area (Å²) in [4.78, 5) is 0. The van der Waals surface area contributed by atoms with Crippen molar-refractivity contribution in [1.82, 2.24) is 0 Å². The van der Waals surface area contributed by atoms with Gasteiger partial charge in [-0.15, -0.1) is 0 Å². The third-order valence-electron chi connectivity index (χ3n) is 4.53. The number of aliphatic hydroxyl groups is 1.